The molecule has 2 aromatic heterocycles. The number of nitrogens with zero attached hydrogens (tertiary/aromatic N) is 1. The van der Waals surface area contributed by atoms with Crippen LogP contribution in [0.2, 0.25) is 0 Å². The van der Waals surface area contributed by atoms with E-state index in [4.69, 9.17) is 10.2 Å². The number of rotatable bonds is 4. The molecule has 0 fully saturated rings. The molecule has 0 aromatic carbocycles. The molecule has 0 bridgehead atoms. The van der Waals surface area contributed by atoms with Crippen LogP contribution in [0.25, 0.3) is 0 Å². The van der Waals surface area contributed by atoms with Gasteiger partial charge in [0.15, 0.2) is 5.76 Å². The SMILES string of the molecule is NCc1ccc(C(=O)NCc2cscn2)o1. The summed E-state index contributed by atoms with van der Waals surface area (Å²) in [6, 6.07) is 3.30. The highest BCUT2D eigenvalue weighted by Gasteiger charge is 2.10. The van der Waals surface area contributed by atoms with Crippen LogP contribution in [0.4, 0.5) is 0 Å². The van der Waals surface area contributed by atoms with E-state index in [0.717, 1.165) is 5.69 Å². The number of carbonyl (C=O) groups excluding carboxylic acids is 1. The average Bonchev–Trinajstić information content (AvgIpc) is 2.96. The molecule has 0 unspecified atom stereocenters. The lowest BCUT2D eigenvalue weighted by molar-refractivity contribution is 0.0921. The summed E-state index contributed by atoms with van der Waals surface area (Å²) in [6.07, 6.45) is 0. The summed E-state index contributed by atoms with van der Waals surface area (Å²) in [5.41, 5.74) is 7.94. The van der Waals surface area contributed by atoms with Crippen molar-refractivity contribution < 1.29 is 9.21 Å². The normalized spacial score (nSPS) is 10.3. The van der Waals surface area contributed by atoms with Crippen molar-refractivity contribution in [2.24, 2.45) is 5.73 Å². The monoisotopic (exact) mass is 237 g/mol. The lowest BCUT2D eigenvalue weighted by atomic mass is 10.4. The number of hydrogen-bond donors (Lipinski definition) is 2. The van der Waals surface area contributed by atoms with Gasteiger partial charge in [-0.05, 0) is 12.1 Å². The molecule has 2 heterocycles. The number of hydrogen-bond acceptors (Lipinski definition) is 5. The molecule has 0 atom stereocenters. The van der Waals surface area contributed by atoms with Crippen LogP contribution < -0.4 is 11.1 Å². The molecule has 0 aliphatic heterocycles. The van der Waals surface area contributed by atoms with Crippen molar-refractivity contribution in [3.8, 4) is 0 Å². The Morgan fingerprint density at radius 2 is 2.44 bits per heavy atom. The van der Waals surface area contributed by atoms with Gasteiger partial charge in [0.2, 0.25) is 0 Å². The molecule has 0 radical (unpaired) electrons. The van der Waals surface area contributed by atoms with Gasteiger partial charge in [-0.25, -0.2) is 4.98 Å². The number of nitrogens with two attached hydrogens (primary N) is 1. The van der Waals surface area contributed by atoms with Gasteiger partial charge in [-0.2, -0.15) is 0 Å². The van der Waals surface area contributed by atoms with Crippen LogP contribution in [-0.4, -0.2) is 10.9 Å². The lowest BCUT2D eigenvalue weighted by Gasteiger charge is -1.99. The van der Waals surface area contributed by atoms with Crippen LogP contribution in [0.1, 0.15) is 22.0 Å². The highest BCUT2D eigenvalue weighted by atomic mass is 32.1. The highest BCUT2D eigenvalue weighted by molar-refractivity contribution is 7.07. The fraction of sp³-hybridized carbons (Fsp3) is 0.200. The third-order valence-corrected chi connectivity index (χ3v) is 2.64. The zero-order valence-electron chi connectivity index (χ0n) is 8.47. The largest absolute Gasteiger partial charge is 0.455 e. The summed E-state index contributed by atoms with van der Waals surface area (Å²) in [6.45, 7) is 0.695. The Morgan fingerprint density at radius 3 is 3.06 bits per heavy atom. The molecule has 84 valence electrons. The lowest BCUT2D eigenvalue weighted by Crippen LogP contribution is -2.22. The molecule has 2 rings (SSSR count). The van der Waals surface area contributed by atoms with Crippen molar-refractivity contribution in [3.63, 3.8) is 0 Å². The molecule has 0 spiro atoms. The van der Waals surface area contributed by atoms with Gasteiger partial charge in [-0.15, -0.1) is 11.3 Å². The third kappa shape index (κ3) is 2.47. The van der Waals surface area contributed by atoms with E-state index in [-0.39, 0.29) is 11.7 Å². The van der Waals surface area contributed by atoms with Crippen molar-refractivity contribution >= 4 is 17.2 Å². The van der Waals surface area contributed by atoms with Crippen molar-refractivity contribution in [1.82, 2.24) is 10.3 Å². The van der Waals surface area contributed by atoms with Gasteiger partial charge in [0, 0.05) is 5.38 Å². The number of thiazole rings is 1. The van der Waals surface area contributed by atoms with Crippen LogP contribution >= 0.6 is 11.3 Å². The molecule has 5 nitrogen and oxygen atoms in total. The molecular weight excluding hydrogens is 226 g/mol. The van der Waals surface area contributed by atoms with E-state index in [1.807, 2.05) is 5.38 Å². The van der Waals surface area contributed by atoms with E-state index in [0.29, 0.717) is 18.8 Å². The summed E-state index contributed by atoms with van der Waals surface area (Å²) < 4.78 is 5.21. The fourth-order valence-corrected chi connectivity index (χ4v) is 1.75. The van der Waals surface area contributed by atoms with E-state index < -0.39 is 0 Å². The van der Waals surface area contributed by atoms with Gasteiger partial charge in [0.05, 0.1) is 24.3 Å². The molecule has 0 saturated carbocycles. The van der Waals surface area contributed by atoms with E-state index in [2.05, 4.69) is 10.3 Å². The van der Waals surface area contributed by atoms with Crippen molar-refractivity contribution in [2.75, 3.05) is 0 Å². The van der Waals surface area contributed by atoms with Crippen LogP contribution in [0.15, 0.2) is 27.4 Å². The van der Waals surface area contributed by atoms with Crippen molar-refractivity contribution in [1.29, 1.82) is 0 Å². The number of aromatic nitrogens is 1. The predicted molar refractivity (Wildman–Crippen MR) is 59.9 cm³/mol. The van der Waals surface area contributed by atoms with Gasteiger partial charge >= 0.3 is 0 Å². The second-order valence-corrected chi connectivity index (χ2v) is 3.85. The second kappa shape index (κ2) is 4.91. The summed E-state index contributed by atoms with van der Waals surface area (Å²) in [4.78, 5) is 15.7. The predicted octanol–water partition coefficient (Wildman–Crippen LogP) is 1.12. The molecule has 0 aliphatic rings. The highest BCUT2D eigenvalue weighted by Crippen LogP contribution is 2.07. The molecule has 0 aliphatic carbocycles. The first-order valence-corrected chi connectivity index (χ1v) is 5.68. The number of carbonyl (C=O) groups is 1. The van der Waals surface area contributed by atoms with E-state index in [1.165, 1.54) is 11.3 Å². The van der Waals surface area contributed by atoms with E-state index in [9.17, 15) is 4.79 Å². The topological polar surface area (TPSA) is 81.2 Å². The van der Waals surface area contributed by atoms with E-state index in [1.54, 1.807) is 17.6 Å². The zero-order valence-corrected chi connectivity index (χ0v) is 9.29. The first-order chi connectivity index (χ1) is 7.79. The van der Waals surface area contributed by atoms with Crippen LogP contribution in [0, 0.1) is 0 Å². The summed E-state index contributed by atoms with van der Waals surface area (Å²) in [7, 11) is 0. The van der Waals surface area contributed by atoms with Gasteiger partial charge < -0.3 is 15.5 Å². The molecule has 6 heteroatoms. The van der Waals surface area contributed by atoms with Gasteiger partial charge in [-0.1, -0.05) is 0 Å². The Labute approximate surface area is 96.3 Å². The van der Waals surface area contributed by atoms with Gasteiger partial charge in [0.25, 0.3) is 5.91 Å². The summed E-state index contributed by atoms with van der Waals surface area (Å²) >= 11 is 1.49. The third-order valence-electron chi connectivity index (χ3n) is 2.00. The standard InChI is InChI=1S/C10H11N3O2S/c11-3-8-1-2-9(15-8)10(14)12-4-7-5-16-6-13-7/h1-2,5-6H,3-4,11H2,(H,12,14). The molecule has 3 N–H and O–H groups in total. The first kappa shape index (κ1) is 10.8. The summed E-state index contributed by atoms with van der Waals surface area (Å²) in [5, 5.41) is 4.59. The Hall–Kier alpha value is -1.66. The zero-order chi connectivity index (χ0) is 11.4. The molecule has 2 aromatic rings. The number of amides is 1. The maximum absolute atomic E-state index is 11.6. The Kier molecular flexibility index (Phi) is 3.33. The van der Waals surface area contributed by atoms with Crippen LogP contribution in [0.5, 0.6) is 0 Å². The molecule has 0 saturated heterocycles. The second-order valence-electron chi connectivity index (χ2n) is 3.13. The summed E-state index contributed by atoms with van der Waals surface area (Å²) in [5.74, 6) is 0.613. The number of nitrogens with one attached hydrogen (secondary N) is 1. The molecule has 1 amide bonds. The quantitative estimate of drug-likeness (QED) is 0.835. The van der Waals surface area contributed by atoms with Gasteiger partial charge in [-0.3, -0.25) is 4.79 Å². The first-order valence-electron chi connectivity index (χ1n) is 4.73. The van der Waals surface area contributed by atoms with Crippen LogP contribution in [0.3, 0.4) is 0 Å². The Bertz CT molecular complexity index is 464. The maximum Gasteiger partial charge on any atom is 0.287 e. The Balaban J connectivity index is 1.93. The maximum atomic E-state index is 11.6. The molecule has 16 heavy (non-hydrogen) atoms. The van der Waals surface area contributed by atoms with Crippen molar-refractivity contribution in [3.05, 3.63) is 40.2 Å². The average molecular weight is 237 g/mol. The van der Waals surface area contributed by atoms with Gasteiger partial charge in [0.1, 0.15) is 5.76 Å². The Morgan fingerprint density at radius 1 is 1.56 bits per heavy atom. The molecular formula is C10H11N3O2S. The van der Waals surface area contributed by atoms with Crippen molar-refractivity contribution in [2.45, 2.75) is 13.1 Å². The fourth-order valence-electron chi connectivity index (χ4n) is 1.19. The smallest absolute Gasteiger partial charge is 0.287 e. The minimum atomic E-state index is -0.257. The van der Waals surface area contributed by atoms with Crippen LogP contribution in [-0.2, 0) is 13.1 Å². The minimum Gasteiger partial charge on any atom is -0.455 e. The van der Waals surface area contributed by atoms with E-state index >= 15 is 0 Å². The number of furan rings is 1. The minimum absolute atomic E-state index is 0.257.